The SMILES string of the molecule is CS(=O)(=O)Nc1ccc(C(=O)N2CCCC(C(=O)NCc3ccccc3)C2)cc1. The molecule has 1 saturated heterocycles. The zero-order valence-electron chi connectivity index (χ0n) is 16.3. The highest BCUT2D eigenvalue weighted by atomic mass is 32.2. The Morgan fingerprint density at radius 1 is 1.07 bits per heavy atom. The lowest BCUT2D eigenvalue weighted by Gasteiger charge is -2.32. The fourth-order valence-corrected chi connectivity index (χ4v) is 3.95. The molecule has 2 aromatic rings. The third-order valence-corrected chi connectivity index (χ3v) is 5.43. The van der Waals surface area contributed by atoms with Gasteiger partial charge in [-0.05, 0) is 42.7 Å². The zero-order valence-corrected chi connectivity index (χ0v) is 17.1. The monoisotopic (exact) mass is 415 g/mol. The quantitative estimate of drug-likeness (QED) is 0.756. The van der Waals surface area contributed by atoms with Gasteiger partial charge < -0.3 is 10.2 Å². The van der Waals surface area contributed by atoms with E-state index in [1.54, 1.807) is 29.2 Å². The number of carbonyl (C=O) groups excluding carboxylic acids is 2. The van der Waals surface area contributed by atoms with Crippen LogP contribution in [0.4, 0.5) is 5.69 Å². The largest absolute Gasteiger partial charge is 0.352 e. The first-order valence-corrected chi connectivity index (χ1v) is 11.4. The molecule has 8 heteroatoms. The molecule has 154 valence electrons. The Morgan fingerprint density at radius 2 is 1.76 bits per heavy atom. The molecular weight excluding hydrogens is 390 g/mol. The van der Waals surface area contributed by atoms with Crippen molar-refractivity contribution in [1.29, 1.82) is 0 Å². The van der Waals surface area contributed by atoms with Crippen molar-refractivity contribution in [3.05, 3.63) is 65.7 Å². The fraction of sp³-hybridized carbons (Fsp3) is 0.333. The van der Waals surface area contributed by atoms with E-state index in [4.69, 9.17) is 0 Å². The maximum absolute atomic E-state index is 12.8. The number of nitrogens with zero attached hydrogens (tertiary/aromatic N) is 1. The molecule has 2 aromatic carbocycles. The van der Waals surface area contributed by atoms with Crippen LogP contribution < -0.4 is 10.0 Å². The Morgan fingerprint density at radius 3 is 2.41 bits per heavy atom. The molecule has 7 nitrogen and oxygen atoms in total. The Kier molecular flexibility index (Phi) is 6.53. The van der Waals surface area contributed by atoms with Gasteiger partial charge in [0.25, 0.3) is 5.91 Å². The lowest BCUT2D eigenvalue weighted by molar-refractivity contribution is -0.126. The van der Waals surface area contributed by atoms with Gasteiger partial charge in [-0.2, -0.15) is 0 Å². The maximum atomic E-state index is 12.8. The Hall–Kier alpha value is -2.87. The van der Waals surface area contributed by atoms with Crippen LogP contribution in [0.5, 0.6) is 0 Å². The van der Waals surface area contributed by atoms with Crippen molar-refractivity contribution in [3.63, 3.8) is 0 Å². The number of carbonyl (C=O) groups is 2. The summed E-state index contributed by atoms with van der Waals surface area (Å²) in [5.74, 6) is -0.432. The topological polar surface area (TPSA) is 95.6 Å². The molecular formula is C21H25N3O4S. The van der Waals surface area contributed by atoms with Gasteiger partial charge in [0.1, 0.15) is 0 Å². The average Bonchev–Trinajstić information content (AvgIpc) is 2.72. The smallest absolute Gasteiger partial charge is 0.253 e. The number of anilines is 1. The highest BCUT2D eigenvalue weighted by Crippen LogP contribution is 2.20. The van der Waals surface area contributed by atoms with Crippen LogP contribution in [0, 0.1) is 5.92 Å². The third-order valence-electron chi connectivity index (χ3n) is 4.82. The number of benzene rings is 2. The molecule has 29 heavy (non-hydrogen) atoms. The molecule has 1 aliphatic rings. The van der Waals surface area contributed by atoms with E-state index in [1.165, 1.54) is 0 Å². The van der Waals surface area contributed by atoms with Crippen molar-refractivity contribution in [2.45, 2.75) is 19.4 Å². The highest BCUT2D eigenvalue weighted by molar-refractivity contribution is 7.92. The summed E-state index contributed by atoms with van der Waals surface area (Å²) < 4.78 is 24.9. The van der Waals surface area contributed by atoms with Gasteiger partial charge >= 0.3 is 0 Å². The number of likely N-dealkylation sites (tertiary alicyclic amines) is 1. The van der Waals surface area contributed by atoms with E-state index < -0.39 is 10.0 Å². The molecule has 0 aromatic heterocycles. The minimum atomic E-state index is -3.36. The lowest BCUT2D eigenvalue weighted by Crippen LogP contribution is -2.45. The molecule has 1 fully saturated rings. The molecule has 0 radical (unpaired) electrons. The van der Waals surface area contributed by atoms with Crippen molar-refractivity contribution in [1.82, 2.24) is 10.2 Å². The summed E-state index contributed by atoms with van der Waals surface area (Å²) in [5.41, 5.74) is 1.91. The molecule has 2 amide bonds. The summed E-state index contributed by atoms with van der Waals surface area (Å²) in [7, 11) is -3.36. The summed E-state index contributed by atoms with van der Waals surface area (Å²) in [6, 6.07) is 16.0. The van der Waals surface area contributed by atoms with Gasteiger partial charge in [-0.15, -0.1) is 0 Å². The number of sulfonamides is 1. The van der Waals surface area contributed by atoms with Crippen LogP contribution in [-0.2, 0) is 21.4 Å². The first kappa shape index (κ1) is 20.9. The van der Waals surface area contributed by atoms with E-state index in [9.17, 15) is 18.0 Å². The average molecular weight is 416 g/mol. The van der Waals surface area contributed by atoms with Crippen LogP contribution in [0.1, 0.15) is 28.8 Å². The Labute approximate surface area is 171 Å². The van der Waals surface area contributed by atoms with Crippen molar-refractivity contribution < 1.29 is 18.0 Å². The number of hydrogen-bond donors (Lipinski definition) is 2. The molecule has 0 saturated carbocycles. The van der Waals surface area contributed by atoms with E-state index >= 15 is 0 Å². The standard InChI is InChI=1S/C21H25N3O4S/c1-29(27,28)23-19-11-9-17(10-12-19)21(26)24-13-5-8-18(15-24)20(25)22-14-16-6-3-2-4-7-16/h2-4,6-7,9-12,18,23H,5,8,13-15H2,1H3,(H,22,25). The first-order valence-electron chi connectivity index (χ1n) is 9.50. The summed E-state index contributed by atoms with van der Waals surface area (Å²) in [6.07, 6.45) is 2.59. The van der Waals surface area contributed by atoms with Gasteiger partial charge in [-0.25, -0.2) is 8.42 Å². The van der Waals surface area contributed by atoms with Crippen molar-refractivity contribution in [3.8, 4) is 0 Å². The molecule has 3 rings (SSSR count). The van der Waals surface area contributed by atoms with Crippen LogP contribution in [0.25, 0.3) is 0 Å². The van der Waals surface area contributed by atoms with Crippen LogP contribution in [-0.4, -0.2) is 44.5 Å². The minimum Gasteiger partial charge on any atom is -0.352 e. The maximum Gasteiger partial charge on any atom is 0.253 e. The molecule has 1 unspecified atom stereocenters. The van der Waals surface area contributed by atoms with E-state index in [2.05, 4.69) is 10.0 Å². The summed E-state index contributed by atoms with van der Waals surface area (Å²) in [5, 5.41) is 2.96. The van der Waals surface area contributed by atoms with Crippen molar-refractivity contribution in [2.75, 3.05) is 24.1 Å². The number of rotatable bonds is 6. The van der Waals surface area contributed by atoms with Crippen LogP contribution in [0.3, 0.4) is 0 Å². The second kappa shape index (κ2) is 9.09. The van der Waals surface area contributed by atoms with Crippen LogP contribution >= 0.6 is 0 Å². The summed E-state index contributed by atoms with van der Waals surface area (Å²) in [4.78, 5) is 27.0. The predicted molar refractivity (Wildman–Crippen MR) is 112 cm³/mol. The van der Waals surface area contributed by atoms with E-state index in [0.29, 0.717) is 30.9 Å². The number of amides is 2. The molecule has 0 aliphatic carbocycles. The van der Waals surface area contributed by atoms with E-state index in [-0.39, 0.29) is 17.7 Å². The summed E-state index contributed by atoms with van der Waals surface area (Å²) >= 11 is 0. The Balaban J connectivity index is 1.58. The number of nitrogens with one attached hydrogen (secondary N) is 2. The van der Waals surface area contributed by atoms with E-state index in [0.717, 1.165) is 24.7 Å². The first-order chi connectivity index (χ1) is 13.8. The van der Waals surface area contributed by atoms with Gasteiger partial charge in [-0.3, -0.25) is 14.3 Å². The van der Waals surface area contributed by atoms with Gasteiger partial charge in [0, 0.05) is 30.9 Å². The minimum absolute atomic E-state index is 0.0425. The van der Waals surface area contributed by atoms with Crippen molar-refractivity contribution >= 4 is 27.5 Å². The molecule has 0 spiro atoms. The van der Waals surface area contributed by atoms with Gasteiger partial charge in [0.2, 0.25) is 15.9 Å². The van der Waals surface area contributed by atoms with E-state index in [1.807, 2.05) is 30.3 Å². The van der Waals surface area contributed by atoms with Gasteiger partial charge in [0.15, 0.2) is 0 Å². The van der Waals surface area contributed by atoms with Crippen LogP contribution in [0.2, 0.25) is 0 Å². The number of hydrogen-bond acceptors (Lipinski definition) is 4. The molecule has 1 atom stereocenters. The lowest BCUT2D eigenvalue weighted by atomic mass is 9.96. The molecule has 2 N–H and O–H groups in total. The third kappa shape index (κ3) is 6.05. The molecule has 1 heterocycles. The number of piperidine rings is 1. The predicted octanol–water partition coefficient (Wildman–Crippen LogP) is 2.23. The van der Waals surface area contributed by atoms with Crippen molar-refractivity contribution in [2.24, 2.45) is 5.92 Å². The summed E-state index contributed by atoms with van der Waals surface area (Å²) in [6.45, 7) is 1.45. The zero-order chi connectivity index (χ0) is 20.9. The Bertz CT molecular complexity index is 959. The molecule has 1 aliphatic heterocycles. The normalized spacial score (nSPS) is 16.9. The second-order valence-corrected chi connectivity index (χ2v) is 8.99. The van der Waals surface area contributed by atoms with Crippen LogP contribution in [0.15, 0.2) is 54.6 Å². The highest BCUT2D eigenvalue weighted by Gasteiger charge is 2.28. The van der Waals surface area contributed by atoms with Gasteiger partial charge in [0.05, 0.1) is 12.2 Å². The fourth-order valence-electron chi connectivity index (χ4n) is 3.38. The van der Waals surface area contributed by atoms with Gasteiger partial charge in [-0.1, -0.05) is 30.3 Å². The molecule has 0 bridgehead atoms. The second-order valence-electron chi connectivity index (χ2n) is 7.25.